The Kier molecular flexibility index (Phi) is 6.59. The molecule has 1 aliphatic heterocycles. The van der Waals surface area contributed by atoms with E-state index < -0.39 is 18.3 Å². The molecule has 4 N–H and O–H groups in total. The lowest BCUT2D eigenvalue weighted by molar-refractivity contribution is -0.177. The Hall–Kier alpha value is -1.54. The molecule has 1 saturated heterocycles. The van der Waals surface area contributed by atoms with Crippen LogP contribution in [-0.2, 0) is 14.2 Å². The maximum atomic E-state index is 12.2. The van der Waals surface area contributed by atoms with Gasteiger partial charge in [0.15, 0.2) is 0 Å². The minimum absolute atomic E-state index is 0.0395. The van der Waals surface area contributed by atoms with Crippen molar-refractivity contribution in [3.8, 4) is 0 Å². The smallest absolute Gasteiger partial charge is 0.407 e. The summed E-state index contributed by atoms with van der Waals surface area (Å²) < 4.78 is 18.3. The number of fused-ring (bicyclic) bond motifs is 4. The number of hydrogen-bond acceptors (Lipinski definition) is 6. The Labute approximate surface area is 239 Å². The van der Waals surface area contributed by atoms with Crippen LogP contribution in [0.1, 0.15) is 92.9 Å². The van der Waals surface area contributed by atoms with Crippen LogP contribution < -0.4 is 11.1 Å². The molecule has 226 valence electrons. The van der Waals surface area contributed by atoms with E-state index in [2.05, 4.69) is 46.9 Å². The molecule has 2 spiro atoms. The molecule has 6 unspecified atom stereocenters. The Morgan fingerprint density at radius 1 is 1.05 bits per heavy atom. The molecule has 5 saturated carbocycles. The standard InChI is InChI=1S/C32H52N2O6/c1-16(2)25(40-28(37)34-7)19-14-17(3)22-26(38-19)24(35)23-18-8-9-20-29(4,5)21(39-27(33)36)10-11-32(20)15-31(18,32)13-12-30(22,23)6/h16-26,35H,8-15H2,1-7H3,(H2,33,36)(H,34,37)/t17-,18?,19?,20+,21+,22+,23?,24-,25-,26?,30?,31+,32?/m1/s1. The fourth-order valence-corrected chi connectivity index (χ4v) is 12.2. The number of primary amides is 1. The van der Waals surface area contributed by atoms with Crippen LogP contribution in [0.25, 0.3) is 0 Å². The number of nitrogens with one attached hydrogen (secondary N) is 1. The van der Waals surface area contributed by atoms with Gasteiger partial charge in [-0.15, -0.1) is 0 Å². The molecule has 1 heterocycles. The first kappa shape index (κ1) is 28.6. The van der Waals surface area contributed by atoms with E-state index >= 15 is 0 Å². The number of aliphatic hydroxyl groups excluding tert-OH is 1. The van der Waals surface area contributed by atoms with Gasteiger partial charge in [0.25, 0.3) is 0 Å². The molecule has 0 aromatic rings. The van der Waals surface area contributed by atoms with E-state index in [4.69, 9.17) is 19.9 Å². The van der Waals surface area contributed by atoms with E-state index in [9.17, 15) is 14.7 Å². The molecule has 8 nitrogen and oxygen atoms in total. The van der Waals surface area contributed by atoms with E-state index in [1.807, 2.05) is 0 Å². The number of nitrogens with two attached hydrogens (primary N) is 1. The molecular weight excluding hydrogens is 508 g/mol. The van der Waals surface area contributed by atoms with Crippen molar-refractivity contribution in [2.45, 2.75) is 123 Å². The number of ether oxygens (including phenoxy) is 3. The lowest BCUT2D eigenvalue weighted by atomic mass is 9.46. The number of amides is 2. The van der Waals surface area contributed by atoms with Crippen molar-refractivity contribution in [2.75, 3.05) is 7.05 Å². The molecular formula is C32H52N2O6. The Morgan fingerprint density at radius 2 is 1.77 bits per heavy atom. The highest BCUT2D eigenvalue weighted by atomic mass is 16.6. The number of carbonyl (C=O) groups is 2. The Bertz CT molecular complexity index is 1050. The van der Waals surface area contributed by atoms with E-state index in [1.54, 1.807) is 7.05 Å². The van der Waals surface area contributed by atoms with Crippen molar-refractivity contribution < 1.29 is 28.9 Å². The Balaban J connectivity index is 1.27. The fourth-order valence-electron chi connectivity index (χ4n) is 12.2. The molecule has 2 amide bonds. The largest absolute Gasteiger partial charge is 0.446 e. The van der Waals surface area contributed by atoms with Crippen LogP contribution in [-0.4, -0.2) is 54.9 Å². The summed E-state index contributed by atoms with van der Waals surface area (Å²) in [5.41, 5.74) is 5.95. The highest BCUT2D eigenvalue weighted by Crippen LogP contribution is 2.87. The van der Waals surface area contributed by atoms with Gasteiger partial charge in [-0.05, 0) is 103 Å². The van der Waals surface area contributed by atoms with Crippen LogP contribution in [0.4, 0.5) is 9.59 Å². The number of rotatable bonds is 4. The number of carbonyl (C=O) groups excluding carboxylic acids is 2. The van der Waals surface area contributed by atoms with E-state index in [1.165, 1.54) is 12.8 Å². The van der Waals surface area contributed by atoms with Gasteiger partial charge in [0.1, 0.15) is 12.2 Å². The summed E-state index contributed by atoms with van der Waals surface area (Å²) in [7, 11) is 1.58. The second-order valence-electron chi connectivity index (χ2n) is 15.8. The monoisotopic (exact) mass is 560 g/mol. The first-order valence-electron chi connectivity index (χ1n) is 15.9. The van der Waals surface area contributed by atoms with E-state index in [0.717, 1.165) is 38.5 Å². The SMILES string of the molecule is CNC(=O)O[C@H](C(C)C)C1C[C@@H](C)[C@H]2C(O1)[C@H](O)C1C3CC[C@H]4C(C)(C)[C@@H](OC(N)=O)CCC45C[C@@]35CCC12C. The fraction of sp³-hybridized carbons (Fsp3) is 0.938. The second-order valence-corrected chi connectivity index (χ2v) is 15.8. The summed E-state index contributed by atoms with van der Waals surface area (Å²) in [5, 5.41) is 14.7. The average molecular weight is 561 g/mol. The summed E-state index contributed by atoms with van der Waals surface area (Å²) in [6, 6.07) is 0. The number of alkyl carbamates (subject to hydrolysis) is 1. The van der Waals surface area contributed by atoms with Crippen molar-refractivity contribution in [1.82, 2.24) is 5.32 Å². The zero-order valence-electron chi connectivity index (χ0n) is 25.6. The van der Waals surface area contributed by atoms with E-state index in [-0.39, 0.29) is 57.9 Å². The molecule has 8 heteroatoms. The van der Waals surface area contributed by atoms with Gasteiger partial charge in [0, 0.05) is 12.5 Å². The van der Waals surface area contributed by atoms with Gasteiger partial charge in [-0.3, -0.25) is 0 Å². The molecule has 0 aromatic carbocycles. The summed E-state index contributed by atoms with van der Waals surface area (Å²) >= 11 is 0. The van der Waals surface area contributed by atoms with Crippen molar-refractivity contribution in [2.24, 2.45) is 62.9 Å². The molecule has 6 fully saturated rings. The predicted molar refractivity (Wildman–Crippen MR) is 150 cm³/mol. The highest BCUT2D eigenvalue weighted by molar-refractivity contribution is 5.67. The van der Waals surface area contributed by atoms with Crippen LogP contribution in [0.15, 0.2) is 0 Å². The summed E-state index contributed by atoms with van der Waals surface area (Å²) in [4.78, 5) is 23.8. The first-order valence-corrected chi connectivity index (χ1v) is 15.9. The molecule has 5 aliphatic carbocycles. The third-order valence-electron chi connectivity index (χ3n) is 13.6. The number of aliphatic hydroxyl groups is 1. The minimum atomic E-state index is -0.661. The van der Waals surface area contributed by atoms with Crippen molar-refractivity contribution in [3.05, 3.63) is 0 Å². The minimum Gasteiger partial charge on any atom is -0.446 e. The Morgan fingerprint density at radius 3 is 2.42 bits per heavy atom. The predicted octanol–water partition coefficient (Wildman–Crippen LogP) is 5.25. The molecule has 13 atom stereocenters. The molecule has 6 rings (SSSR count). The average Bonchev–Trinajstić information content (AvgIpc) is 3.49. The summed E-state index contributed by atoms with van der Waals surface area (Å²) in [6.45, 7) is 13.5. The first-order chi connectivity index (χ1) is 18.7. The highest BCUT2D eigenvalue weighted by Gasteiger charge is 2.82. The zero-order valence-corrected chi connectivity index (χ0v) is 25.6. The lowest BCUT2D eigenvalue weighted by Gasteiger charge is -2.59. The topological polar surface area (TPSA) is 120 Å². The normalized spacial score (nSPS) is 50.8. The van der Waals surface area contributed by atoms with Gasteiger partial charge in [-0.25, -0.2) is 9.59 Å². The maximum absolute atomic E-state index is 12.2. The third kappa shape index (κ3) is 3.69. The van der Waals surface area contributed by atoms with Gasteiger partial charge < -0.3 is 30.4 Å². The van der Waals surface area contributed by atoms with Crippen LogP contribution in [0.5, 0.6) is 0 Å². The number of hydrogen-bond donors (Lipinski definition) is 3. The molecule has 40 heavy (non-hydrogen) atoms. The quantitative estimate of drug-likeness (QED) is 0.432. The van der Waals surface area contributed by atoms with Gasteiger partial charge >= 0.3 is 12.2 Å². The summed E-state index contributed by atoms with van der Waals surface area (Å²) in [5.74, 6) is 2.01. The zero-order chi connectivity index (χ0) is 29.0. The van der Waals surface area contributed by atoms with Gasteiger partial charge in [-0.1, -0.05) is 41.5 Å². The maximum Gasteiger partial charge on any atom is 0.407 e. The van der Waals surface area contributed by atoms with Crippen LogP contribution in [0.2, 0.25) is 0 Å². The molecule has 0 radical (unpaired) electrons. The van der Waals surface area contributed by atoms with Gasteiger partial charge in [0.05, 0.1) is 18.3 Å². The molecule has 0 bridgehead atoms. The molecule has 0 aromatic heterocycles. The van der Waals surface area contributed by atoms with Crippen LogP contribution in [0.3, 0.4) is 0 Å². The van der Waals surface area contributed by atoms with Crippen molar-refractivity contribution in [1.29, 1.82) is 0 Å². The lowest BCUT2D eigenvalue weighted by Crippen LogP contribution is -2.56. The second kappa shape index (κ2) is 9.23. The van der Waals surface area contributed by atoms with Gasteiger partial charge in [0.2, 0.25) is 0 Å². The molecule has 6 aliphatic rings. The van der Waals surface area contributed by atoms with Gasteiger partial charge in [-0.2, -0.15) is 0 Å². The van der Waals surface area contributed by atoms with Crippen LogP contribution >= 0.6 is 0 Å². The van der Waals surface area contributed by atoms with Crippen molar-refractivity contribution in [3.63, 3.8) is 0 Å². The van der Waals surface area contributed by atoms with Crippen LogP contribution in [0, 0.1) is 57.2 Å². The van der Waals surface area contributed by atoms with Crippen molar-refractivity contribution >= 4 is 12.2 Å². The third-order valence-corrected chi connectivity index (χ3v) is 13.6. The van der Waals surface area contributed by atoms with E-state index in [0.29, 0.717) is 23.7 Å². The summed E-state index contributed by atoms with van der Waals surface area (Å²) in [6.07, 6.45) is 6.11.